The van der Waals surface area contributed by atoms with Crippen molar-refractivity contribution in [2.45, 2.75) is 38.5 Å². The van der Waals surface area contributed by atoms with Gasteiger partial charge in [-0.15, -0.1) is 0 Å². The van der Waals surface area contributed by atoms with Crippen LogP contribution in [-0.2, 0) is 10.8 Å². The maximum atomic E-state index is 2.56. The summed E-state index contributed by atoms with van der Waals surface area (Å²) < 4.78 is 0. The Morgan fingerprint density at radius 1 is 0.295 bits per heavy atom. The Kier molecular flexibility index (Phi) is 8.58. The molecule has 61 heavy (non-hydrogen) atoms. The second kappa shape index (κ2) is 14.2. The predicted octanol–water partition coefficient (Wildman–Crippen LogP) is 16.4. The monoisotopic (exact) mass is 781 g/mol. The van der Waals surface area contributed by atoms with E-state index in [1.165, 1.54) is 94.7 Å². The molecule has 0 radical (unpaired) electrons. The van der Waals surface area contributed by atoms with Gasteiger partial charge in [-0.2, -0.15) is 0 Å². The van der Waals surface area contributed by atoms with Crippen LogP contribution in [0.1, 0.15) is 49.9 Å². The van der Waals surface area contributed by atoms with Gasteiger partial charge in [0, 0.05) is 27.6 Å². The van der Waals surface area contributed by atoms with Crippen LogP contribution < -0.4 is 4.90 Å². The van der Waals surface area contributed by atoms with Crippen LogP contribution in [0, 0.1) is 0 Å². The Morgan fingerprint density at radius 2 is 0.754 bits per heavy atom. The third kappa shape index (κ3) is 5.76. The van der Waals surface area contributed by atoms with Gasteiger partial charge in [0.2, 0.25) is 0 Å². The zero-order chi connectivity index (χ0) is 41.3. The van der Waals surface area contributed by atoms with Gasteiger partial charge in [0.05, 0.1) is 11.4 Å². The molecule has 0 aromatic heterocycles. The van der Waals surface area contributed by atoms with Crippen molar-refractivity contribution in [2.75, 3.05) is 4.90 Å². The number of rotatable bonds is 7. The summed E-state index contributed by atoms with van der Waals surface area (Å²) in [4.78, 5) is 2.56. The zero-order valence-corrected chi connectivity index (χ0v) is 35.2. The number of nitrogens with zero attached hydrogens (tertiary/aromatic N) is 1. The topological polar surface area (TPSA) is 3.24 Å². The molecule has 0 N–H and O–H groups in total. The molecule has 0 saturated heterocycles. The molecule has 1 nitrogen and oxygen atoms in total. The molecule has 0 unspecified atom stereocenters. The van der Waals surface area contributed by atoms with Crippen molar-refractivity contribution < 1.29 is 0 Å². The average Bonchev–Trinajstić information content (AvgIpc) is 3.70. The number of benzene rings is 9. The molecule has 1 heteroatoms. The van der Waals surface area contributed by atoms with E-state index >= 15 is 0 Å². The van der Waals surface area contributed by atoms with Crippen LogP contribution in [0.15, 0.2) is 212 Å². The highest BCUT2D eigenvalue weighted by Gasteiger charge is 2.39. The lowest BCUT2D eigenvalue weighted by atomic mass is 9.79. The summed E-state index contributed by atoms with van der Waals surface area (Å²) in [6.45, 7) is 9.52. The van der Waals surface area contributed by atoms with Gasteiger partial charge in [0.25, 0.3) is 0 Å². The summed E-state index contributed by atoms with van der Waals surface area (Å²) in [5, 5.41) is 0. The van der Waals surface area contributed by atoms with E-state index in [0.29, 0.717) is 0 Å². The Bertz CT molecular complexity index is 3130. The molecule has 11 rings (SSSR count). The van der Waals surface area contributed by atoms with E-state index in [2.05, 4.69) is 245 Å². The molecule has 0 heterocycles. The van der Waals surface area contributed by atoms with Crippen LogP contribution in [0.2, 0.25) is 0 Å². The molecule has 9 aromatic rings. The van der Waals surface area contributed by atoms with Crippen molar-refractivity contribution in [3.8, 4) is 66.8 Å². The molecule has 0 bridgehead atoms. The van der Waals surface area contributed by atoms with Gasteiger partial charge >= 0.3 is 0 Å². The second-order valence-corrected chi connectivity index (χ2v) is 17.6. The average molecular weight is 782 g/mol. The highest BCUT2D eigenvalue weighted by Crippen LogP contribution is 2.57. The van der Waals surface area contributed by atoms with Gasteiger partial charge in [-0.1, -0.05) is 216 Å². The van der Waals surface area contributed by atoms with Crippen LogP contribution in [0.3, 0.4) is 0 Å². The quantitative estimate of drug-likeness (QED) is 0.156. The van der Waals surface area contributed by atoms with Crippen LogP contribution in [0.4, 0.5) is 17.1 Å². The van der Waals surface area contributed by atoms with Crippen molar-refractivity contribution in [1.29, 1.82) is 0 Å². The fraction of sp³-hybridized carbons (Fsp3) is 0.100. The molecule has 0 atom stereocenters. The van der Waals surface area contributed by atoms with Crippen LogP contribution in [-0.4, -0.2) is 0 Å². The molecule has 0 amide bonds. The van der Waals surface area contributed by atoms with Crippen LogP contribution in [0.5, 0.6) is 0 Å². The predicted molar refractivity (Wildman–Crippen MR) is 258 cm³/mol. The third-order valence-electron chi connectivity index (χ3n) is 13.5. The van der Waals surface area contributed by atoms with Gasteiger partial charge in [-0.25, -0.2) is 0 Å². The minimum Gasteiger partial charge on any atom is -0.309 e. The molecule has 0 fully saturated rings. The molecule has 9 aromatic carbocycles. The molecule has 2 aliphatic rings. The summed E-state index contributed by atoms with van der Waals surface area (Å²) in [7, 11) is 0. The second-order valence-electron chi connectivity index (χ2n) is 17.6. The normalized spacial score (nSPS) is 13.8. The van der Waals surface area contributed by atoms with E-state index in [-0.39, 0.29) is 10.8 Å². The summed E-state index contributed by atoms with van der Waals surface area (Å²) in [6, 6.07) is 78.6. The van der Waals surface area contributed by atoms with Crippen LogP contribution in [0.25, 0.3) is 66.8 Å². The SMILES string of the molecule is CC1(C)c2ccccc2-c2c(N(c3cccc(-c4cccc5c4C(C)(C)c4ccccc4-5)c3)c3cccc(-c4ccccc4)c3-c3ccccc3-c3ccccc3)cccc21. The van der Waals surface area contributed by atoms with E-state index in [9.17, 15) is 0 Å². The van der Waals surface area contributed by atoms with Crippen molar-refractivity contribution in [1.82, 2.24) is 0 Å². The van der Waals surface area contributed by atoms with E-state index in [0.717, 1.165) is 11.4 Å². The first-order chi connectivity index (χ1) is 29.8. The highest BCUT2D eigenvalue weighted by atomic mass is 15.1. The summed E-state index contributed by atoms with van der Waals surface area (Å²) in [6.07, 6.45) is 0. The lowest BCUT2D eigenvalue weighted by Crippen LogP contribution is -2.17. The van der Waals surface area contributed by atoms with Gasteiger partial charge in [0.1, 0.15) is 0 Å². The lowest BCUT2D eigenvalue weighted by Gasteiger charge is -2.32. The smallest absolute Gasteiger partial charge is 0.0546 e. The number of fused-ring (bicyclic) bond motifs is 6. The lowest BCUT2D eigenvalue weighted by molar-refractivity contribution is 0.660. The maximum Gasteiger partial charge on any atom is 0.0546 e. The Hall–Kier alpha value is -7.22. The summed E-state index contributed by atoms with van der Waals surface area (Å²) >= 11 is 0. The minimum atomic E-state index is -0.157. The standard InChI is InChI=1S/C60H47N/c1-59(2)52-35-16-14-30-50(52)57-53(59)36-20-38-55(57)61(43-26-17-25-42(39-43)46-32-18-33-49-47-28-13-15-34-51(47)60(3,4)58(46)49)54-37-19-31-45(41-23-9-6-10-24-41)56(54)48-29-12-11-27-44(48)40-21-7-5-8-22-40/h5-39H,1-4H3. The molecule has 0 aliphatic heterocycles. The molecule has 2 aliphatic carbocycles. The molecule has 0 spiro atoms. The van der Waals surface area contributed by atoms with E-state index in [4.69, 9.17) is 0 Å². The van der Waals surface area contributed by atoms with E-state index in [1.54, 1.807) is 0 Å². The van der Waals surface area contributed by atoms with Crippen molar-refractivity contribution in [2.24, 2.45) is 0 Å². The first-order valence-corrected chi connectivity index (χ1v) is 21.5. The first kappa shape index (κ1) is 36.8. The molecular weight excluding hydrogens is 735 g/mol. The van der Waals surface area contributed by atoms with Gasteiger partial charge in [-0.3, -0.25) is 0 Å². The van der Waals surface area contributed by atoms with Gasteiger partial charge < -0.3 is 4.90 Å². The fourth-order valence-electron chi connectivity index (χ4n) is 10.7. The Labute approximate surface area is 360 Å². The van der Waals surface area contributed by atoms with E-state index < -0.39 is 0 Å². The summed E-state index contributed by atoms with van der Waals surface area (Å²) in [5.41, 5.74) is 23.5. The van der Waals surface area contributed by atoms with Crippen molar-refractivity contribution >= 4 is 17.1 Å². The molecule has 292 valence electrons. The number of hydrogen-bond acceptors (Lipinski definition) is 1. The Morgan fingerprint density at radius 3 is 1.48 bits per heavy atom. The maximum absolute atomic E-state index is 2.56. The highest BCUT2D eigenvalue weighted by molar-refractivity contribution is 6.04. The van der Waals surface area contributed by atoms with Crippen LogP contribution >= 0.6 is 0 Å². The number of hydrogen-bond donors (Lipinski definition) is 0. The summed E-state index contributed by atoms with van der Waals surface area (Å²) in [5.74, 6) is 0. The van der Waals surface area contributed by atoms with Gasteiger partial charge in [-0.05, 0) is 102 Å². The first-order valence-electron chi connectivity index (χ1n) is 21.5. The van der Waals surface area contributed by atoms with Crippen molar-refractivity contribution in [3.63, 3.8) is 0 Å². The zero-order valence-electron chi connectivity index (χ0n) is 35.2. The Balaban J connectivity index is 1.22. The van der Waals surface area contributed by atoms with Gasteiger partial charge in [0.15, 0.2) is 0 Å². The number of anilines is 3. The molecule has 0 saturated carbocycles. The molecular formula is C60H47N. The fourth-order valence-corrected chi connectivity index (χ4v) is 10.7. The minimum absolute atomic E-state index is 0.147. The largest absolute Gasteiger partial charge is 0.309 e. The van der Waals surface area contributed by atoms with Crippen molar-refractivity contribution in [3.05, 3.63) is 235 Å². The van der Waals surface area contributed by atoms with E-state index in [1.807, 2.05) is 0 Å². The third-order valence-corrected chi connectivity index (χ3v) is 13.5.